The maximum atomic E-state index is 13.5. The zero-order chi connectivity index (χ0) is 16.5. The molecule has 1 aromatic heterocycles. The minimum atomic E-state index is -0.286. The van der Waals surface area contributed by atoms with Crippen LogP contribution in [0, 0.1) is 17.1 Å². The molecule has 0 radical (unpaired) electrons. The van der Waals surface area contributed by atoms with E-state index in [0.717, 1.165) is 37.3 Å². The van der Waals surface area contributed by atoms with Gasteiger partial charge in [-0.3, -0.25) is 4.90 Å². The predicted octanol–water partition coefficient (Wildman–Crippen LogP) is 3.00. The molecule has 1 aliphatic heterocycles. The summed E-state index contributed by atoms with van der Waals surface area (Å²) in [7, 11) is 0. The van der Waals surface area contributed by atoms with E-state index in [1.54, 1.807) is 6.07 Å². The molecule has 0 amide bonds. The van der Waals surface area contributed by atoms with Crippen LogP contribution < -0.4 is 0 Å². The molecule has 2 aliphatic rings. The number of likely N-dealkylation sites (tertiary alicyclic amines) is 1. The van der Waals surface area contributed by atoms with Gasteiger partial charge in [0.25, 0.3) is 0 Å². The Bertz CT molecular complexity index is 774. The number of hydrogen-bond acceptors (Lipinski definition) is 4. The van der Waals surface area contributed by atoms with Crippen LogP contribution in [0.4, 0.5) is 4.39 Å². The lowest BCUT2D eigenvalue weighted by atomic mass is 9.96. The van der Waals surface area contributed by atoms with E-state index in [2.05, 4.69) is 25.7 Å². The molecule has 1 saturated carbocycles. The van der Waals surface area contributed by atoms with Crippen LogP contribution >= 0.6 is 0 Å². The summed E-state index contributed by atoms with van der Waals surface area (Å²) in [6.07, 6.45) is 6.48. The molecule has 0 N–H and O–H groups in total. The molecule has 6 heteroatoms. The highest BCUT2D eigenvalue weighted by Gasteiger charge is 2.31. The second-order valence-corrected chi connectivity index (χ2v) is 6.82. The van der Waals surface area contributed by atoms with Crippen molar-refractivity contribution in [1.29, 1.82) is 5.26 Å². The fourth-order valence-corrected chi connectivity index (χ4v) is 3.63. The van der Waals surface area contributed by atoms with Gasteiger partial charge in [0.15, 0.2) is 0 Å². The molecule has 2 fully saturated rings. The average molecular weight is 325 g/mol. The van der Waals surface area contributed by atoms with Crippen molar-refractivity contribution in [2.75, 3.05) is 13.1 Å². The Hall–Kier alpha value is -2.26. The van der Waals surface area contributed by atoms with E-state index in [1.807, 2.05) is 6.33 Å². The topological polar surface area (TPSA) is 57.7 Å². The Labute approximate surface area is 140 Å². The van der Waals surface area contributed by atoms with Crippen LogP contribution in [0.25, 0.3) is 0 Å². The number of benzene rings is 1. The number of rotatable bonds is 4. The number of hydrogen-bond donors (Lipinski definition) is 0. The van der Waals surface area contributed by atoms with Gasteiger partial charge in [-0.15, -0.1) is 10.2 Å². The van der Waals surface area contributed by atoms with E-state index < -0.39 is 0 Å². The summed E-state index contributed by atoms with van der Waals surface area (Å²) in [5.74, 6) is 1.16. The Balaban J connectivity index is 1.50. The second-order valence-electron chi connectivity index (χ2n) is 6.82. The minimum Gasteiger partial charge on any atom is -0.314 e. The molecule has 0 spiro atoms. The highest BCUT2D eigenvalue weighted by atomic mass is 19.1. The number of aromatic nitrogens is 3. The Morgan fingerprint density at radius 1 is 1.29 bits per heavy atom. The first-order chi connectivity index (χ1) is 11.7. The summed E-state index contributed by atoms with van der Waals surface area (Å²) >= 11 is 0. The monoisotopic (exact) mass is 325 g/mol. The molecule has 2 heterocycles. The van der Waals surface area contributed by atoms with Crippen LogP contribution in [0.3, 0.4) is 0 Å². The van der Waals surface area contributed by atoms with E-state index in [-0.39, 0.29) is 5.82 Å². The summed E-state index contributed by atoms with van der Waals surface area (Å²) in [6.45, 7) is 2.46. The van der Waals surface area contributed by atoms with E-state index in [4.69, 9.17) is 0 Å². The first-order valence-corrected chi connectivity index (χ1v) is 8.55. The molecule has 5 nitrogen and oxygen atoms in total. The number of nitriles is 1. The summed E-state index contributed by atoms with van der Waals surface area (Å²) in [4.78, 5) is 2.30. The zero-order valence-electron chi connectivity index (χ0n) is 13.5. The number of piperidine rings is 1. The standard InChI is InChI=1S/C18H20FN5/c19-16-4-3-13(9-20)15(8-16)11-23-7-1-2-14(10-23)18-22-21-12-24(18)17-5-6-17/h3-4,8,12,14,17H,1-2,5-7,10-11H2/t14-/m1/s1. The smallest absolute Gasteiger partial charge is 0.137 e. The van der Waals surface area contributed by atoms with Gasteiger partial charge in [0.1, 0.15) is 18.0 Å². The summed E-state index contributed by atoms with van der Waals surface area (Å²) in [5.41, 5.74) is 1.32. The normalized spacial score (nSPS) is 21.6. The molecule has 0 unspecified atom stereocenters. The summed E-state index contributed by atoms with van der Waals surface area (Å²) < 4.78 is 15.8. The molecule has 1 atom stereocenters. The van der Waals surface area contributed by atoms with Crippen LogP contribution in [0.15, 0.2) is 24.5 Å². The predicted molar refractivity (Wildman–Crippen MR) is 86.7 cm³/mol. The molecule has 124 valence electrons. The van der Waals surface area contributed by atoms with Gasteiger partial charge < -0.3 is 4.57 Å². The Morgan fingerprint density at radius 3 is 2.96 bits per heavy atom. The molecule has 1 aromatic carbocycles. The quantitative estimate of drug-likeness (QED) is 0.867. The lowest BCUT2D eigenvalue weighted by Gasteiger charge is -2.32. The van der Waals surface area contributed by atoms with Gasteiger partial charge in [-0.25, -0.2) is 4.39 Å². The van der Waals surface area contributed by atoms with E-state index in [9.17, 15) is 9.65 Å². The van der Waals surface area contributed by atoms with Gasteiger partial charge in [-0.1, -0.05) is 0 Å². The maximum Gasteiger partial charge on any atom is 0.137 e. The molecule has 4 rings (SSSR count). The van der Waals surface area contributed by atoms with Gasteiger partial charge in [0.05, 0.1) is 11.6 Å². The minimum absolute atomic E-state index is 0.286. The molecule has 24 heavy (non-hydrogen) atoms. The lowest BCUT2D eigenvalue weighted by molar-refractivity contribution is 0.194. The van der Waals surface area contributed by atoms with Crippen molar-refractivity contribution in [2.24, 2.45) is 0 Å². The fraction of sp³-hybridized carbons (Fsp3) is 0.500. The van der Waals surface area contributed by atoms with Crippen LogP contribution in [0.2, 0.25) is 0 Å². The fourth-order valence-electron chi connectivity index (χ4n) is 3.63. The van der Waals surface area contributed by atoms with Crippen molar-refractivity contribution < 1.29 is 4.39 Å². The van der Waals surface area contributed by atoms with Crippen molar-refractivity contribution in [2.45, 2.75) is 44.2 Å². The third-order valence-corrected chi connectivity index (χ3v) is 4.99. The van der Waals surface area contributed by atoms with Crippen molar-refractivity contribution >= 4 is 0 Å². The summed E-state index contributed by atoms with van der Waals surface area (Å²) in [5, 5.41) is 17.7. The van der Waals surface area contributed by atoms with E-state index >= 15 is 0 Å². The van der Waals surface area contributed by atoms with Gasteiger partial charge >= 0.3 is 0 Å². The zero-order valence-corrected chi connectivity index (χ0v) is 13.5. The van der Waals surface area contributed by atoms with Crippen LogP contribution in [0.5, 0.6) is 0 Å². The number of nitrogens with zero attached hydrogens (tertiary/aromatic N) is 5. The molecule has 1 aliphatic carbocycles. The lowest BCUT2D eigenvalue weighted by Crippen LogP contribution is -2.35. The SMILES string of the molecule is N#Cc1ccc(F)cc1CN1CCC[C@@H](c2nncn2C2CC2)C1. The van der Waals surface area contributed by atoms with E-state index in [1.165, 1.54) is 25.0 Å². The summed E-state index contributed by atoms with van der Waals surface area (Å²) in [6, 6.07) is 7.14. The molecule has 1 saturated heterocycles. The highest BCUT2D eigenvalue weighted by molar-refractivity contribution is 5.37. The van der Waals surface area contributed by atoms with Crippen molar-refractivity contribution in [3.05, 3.63) is 47.3 Å². The molecule has 0 bridgehead atoms. The second kappa shape index (κ2) is 6.33. The van der Waals surface area contributed by atoms with Crippen molar-refractivity contribution in [3.63, 3.8) is 0 Å². The largest absolute Gasteiger partial charge is 0.314 e. The van der Waals surface area contributed by atoms with Gasteiger partial charge in [0.2, 0.25) is 0 Å². The van der Waals surface area contributed by atoms with Gasteiger partial charge in [-0.2, -0.15) is 5.26 Å². The first kappa shape index (κ1) is 15.3. The number of halogens is 1. The molecular formula is C18H20FN5. The average Bonchev–Trinajstić information content (AvgIpc) is 3.32. The molecule has 2 aromatic rings. The van der Waals surface area contributed by atoms with Crippen LogP contribution in [-0.4, -0.2) is 32.8 Å². The van der Waals surface area contributed by atoms with Crippen LogP contribution in [-0.2, 0) is 6.54 Å². The van der Waals surface area contributed by atoms with Gasteiger partial charge in [-0.05, 0) is 56.0 Å². The maximum absolute atomic E-state index is 13.5. The highest BCUT2D eigenvalue weighted by Crippen LogP contribution is 2.38. The third kappa shape index (κ3) is 3.04. The van der Waals surface area contributed by atoms with Gasteiger partial charge in [0, 0.05) is 25.0 Å². The van der Waals surface area contributed by atoms with Crippen LogP contribution in [0.1, 0.15) is 54.6 Å². The first-order valence-electron chi connectivity index (χ1n) is 8.55. The van der Waals surface area contributed by atoms with Crippen molar-refractivity contribution in [3.8, 4) is 6.07 Å². The van der Waals surface area contributed by atoms with Crippen molar-refractivity contribution in [1.82, 2.24) is 19.7 Å². The Morgan fingerprint density at radius 2 is 2.17 bits per heavy atom. The van der Waals surface area contributed by atoms with E-state index in [0.29, 0.717) is 24.1 Å². The Kier molecular flexibility index (Phi) is 4.03. The third-order valence-electron chi connectivity index (χ3n) is 4.99. The molecular weight excluding hydrogens is 305 g/mol.